The zero-order valence-electron chi connectivity index (χ0n) is 16.9. The number of nitrogens with zero attached hydrogens (tertiary/aromatic N) is 4. The number of likely N-dealkylation sites (tertiary alicyclic amines) is 1. The molecule has 3 aromatic rings. The summed E-state index contributed by atoms with van der Waals surface area (Å²) in [7, 11) is 0. The Hall–Kier alpha value is -2.99. The van der Waals surface area contributed by atoms with Crippen molar-refractivity contribution >= 4 is 17.6 Å². The maximum absolute atomic E-state index is 5.93. The smallest absolute Gasteiger partial charge is 0.232 e. The van der Waals surface area contributed by atoms with Crippen molar-refractivity contribution in [3.05, 3.63) is 71.5 Å². The largest absolute Gasteiger partial charge is 0.368 e. The van der Waals surface area contributed by atoms with Crippen LogP contribution in [0.5, 0.6) is 0 Å². The van der Waals surface area contributed by atoms with Crippen molar-refractivity contribution in [2.45, 2.75) is 32.7 Å². The molecule has 0 unspecified atom stereocenters. The highest BCUT2D eigenvalue weighted by atomic mass is 15.2. The predicted octanol–water partition coefficient (Wildman–Crippen LogP) is 3.96. The van der Waals surface area contributed by atoms with Crippen LogP contribution >= 0.6 is 0 Å². The fourth-order valence-electron chi connectivity index (χ4n) is 3.83. The Kier molecular flexibility index (Phi) is 6.00. The number of aromatic nitrogens is 3. The van der Waals surface area contributed by atoms with Crippen LogP contribution in [-0.2, 0) is 13.0 Å². The van der Waals surface area contributed by atoms with Crippen LogP contribution in [0, 0.1) is 12.8 Å². The van der Waals surface area contributed by atoms with Gasteiger partial charge >= 0.3 is 0 Å². The van der Waals surface area contributed by atoms with Gasteiger partial charge in [0.2, 0.25) is 11.9 Å². The van der Waals surface area contributed by atoms with Gasteiger partial charge in [-0.1, -0.05) is 48.0 Å². The van der Waals surface area contributed by atoms with Crippen LogP contribution in [0.25, 0.3) is 0 Å². The highest BCUT2D eigenvalue weighted by Gasteiger charge is 2.20. The Morgan fingerprint density at radius 3 is 2.41 bits per heavy atom. The first-order chi connectivity index (χ1) is 14.1. The first-order valence-corrected chi connectivity index (χ1v) is 10.2. The topological polar surface area (TPSA) is 80.0 Å². The zero-order valence-corrected chi connectivity index (χ0v) is 16.9. The maximum Gasteiger partial charge on any atom is 0.232 e. The van der Waals surface area contributed by atoms with E-state index in [0.29, 0.717) is 18.3 Å². The number of hydrogen-bond acceptors (Lipinski definition) is 6. The molecule has 0 saturated carbocycles. The molecule has 0 aliphatic carbocycles. The van der Waals surface area contributed by atoms with Gasteiger partial charge < -0.3 is 11.1 Å². The fraction of sp³-hybridized carbons (Fsp3) is 0.348. The molecule has 3 N–H and O–H groups in total. The van der Waals surface area contributed by atoms with E-state index >= 15 is 0 Å². The molecule has 0 spiro atoms. The summed E-state index contributed by atoms with van der Waals surface area (Å²) in [5.74, 6) is 2.21. The normalized spacial score (nSPS) is 15.3. The van der Waals surface area contributed by atoms with E-state index in [9.17, 15) is 0 Å². The lowest BCUT2D eigenvalue weighted by atomic mass is 9.90. The van der Waals surface area contributed by atoms with Crippen LogP contribution in [0.15, 0.2) is 54.6 Å². The minimum absolute atomic E-state index is 0.253. The highest BCUT2D eigenvalue weighted by Crippen LogP contribution is 2.23. The van der Waals surface area contributed by atoms with E-state index in [4.69, 9.17) is 5.73 Å². The van der Waals surface area contributed by atoms with Crippen molar-refractivity contribution in [3.8, 4) is 0 Å². The van der Waals surface area contributed by atoms with Gasteiger partial charge in [0.05, 0.1) is 6.54 Å². The van der Waals surface area contributed by atoms with Crippen molar-refractivity contribution in [2.75, 3.05) is 24.1 Å². The molecule has 150 valence electrons. The number of anilines is 3. The second-order valence-electron chi connectivity index (χ2n) is 7.83. The van der Waals surface area contributed by atoms with Crippen molar-refractivity contribution in [2.24, 2.45) is 5.92 Å². The Balaban J connectivity index is 1.33. The number of piperidine rings is 1. The van der Waals surface area contributed by atoms with Gasteiger partial charge in [-0.2, -0.15) is 15.0 Å². The molecule has 1 aromatic heterocycles. The zero-order chi connectivity index (χ0) is 20.1. The maximum atomic E-state index is 5.93. The fourth-order valence-corrected chi connectivity index (χ4v) is 3.83. The molecule has 0 atom stereocenters. The third-order valence-electron chi connectivity index (χ3n) is 5.45. The molecule has 6 heteroatoms. The molecule has 6 nitrogen and oxygen atoms in total. The molecular formula is C23H28N6. The Morgan fingerprint density at radius 1 is 0.966 bits per heavy atom. The van der Waals surface area contributed by atoms with Crippen molar-refractivity contribution in [3.63, 3.8) is 0 Å². The molecule has 2 heterocycles. The highest BCUT2D eigenvalue weighted by molar-refractivity contribution is 5.54. The van der Waals surface area contributed by atoms with Gasteiger partial charge in [0.25, 0.3) is 0 Å². The molecule has 2 aromatic carbocycles. The Bertz CT molecular complexity index is 918. The first kappa shape index (κ1) is 19.3. The minimum Gasteiger partial charge on any atom is -0.368 e. The lowest BCUT2D eigenvalue weighted by molar-refractivity contribution is 0.173. The standard InChI is InChI=1S/C23H28N6/c1-17-7-9-20(10-8-17)25-23-27-21(26-22(24)28-23)16-29-13-11-19(12-14-29)15-18-5-3-2-4-6-18/h2-10,19H,11-16H2,1H3,(H3,24,25,26,27,28). The lowest BCUT2D eigenvalue weighted by Crippen LogP contribution is -2.34. The SMILES string of the molecule is Cc1ccc(Nc2nc(N)nc(CN3CCC(Cc4ccccc4)CC3)n2)cc1. The molecule has 4 rings (SSSR count). The lowest BCUT2D eigenvalue weighted by Gasteiger charge is -2.31. The van der Waals surface area contributed by atoms with E-state index < -0.39 is 0 Å². The summed E-state index contributed by atoms with van der Waals surface area (Å²) < 4.78 is 0. The summed E-state index contributed by atoms with van der Waals surface area (Å²) in [5.41, 5.74) is 9.51. The van der Waals surface area contributed by atoms with Gasteiger partial charge in [0.1, 0.15) is 5.82 Å². The van der Waals surface area contributed by atoms with E-state index in [0.717, 1.165) is 31.1 Å². The molecule has 29 heavy (non-hydrogen) atoms. The summed E-state index contributed by atoms with van der Waals surface area (Å²) >= 11 is 0. The minimum atomic E-state index is 0.253. The summed E-state index contributed by atoms with van der Waals surface area (Å²) in [5, 5.41) is 3.22. The van der Waals surface area contributed by atoms with Gasteiger partial charge in [0.15, 0.2) is 0 Å². The van der Waals surface area contributed by atoms with Crippen LogP contribution in [0.2, 0.25) is 0 Å². The quantitative estimate of drug-likeness (QED) is 0.665. The average Bonchev–Trinajstić information content (AvgIpc) is 2.72. The predicted molar refractivity (Wildman–Crippen MR) is 117 cm³/mol. The molecule has 0 bridgehead atoms. The van der Waals surface area contributed by atoms with Gasteiger partial charge in [0, 0.05) is 5.69 Å². The van der Waals surface area contributed by atoms with E-state index in [2.05, 4.69) is 62.4 Å². The Morgan fingerprint density at radius 2 is 1.69 bits per heavy atom. The third-order valence-corrected chi connectivity index (χ3v) is 5.45. The van der Waals surface area contributed by atoms with E-state index in [-0.39, 0.29) is 5.95 Å². The monoisotopic (exact) mass is 388 g/mol. The number of benzene rings is 2. The summed E-state index contributed by atoms with van der Waals surface area (Å²) in [6, 6.07) is 18.9. The summed E-state index contributed by atoms with van der Waals surface area (Å²) in [6.45, 7) is 4.88. The molecule has 1 fully saturated rings. The molecule has 1 aliphatic rings. The van der Waals surface area contributed by atoms with E-state index in [1.54, 1.807) is 0 Å². The number of nitrogen functional groups attached to an aromatic ring is 1. The first-order valence-electron chi connectivity index (χ1n) is 10.2. The molecular weight excluding hydrogens is 360 g/mol. The van der Waals surface area contributed by atoms with Crippen molar-refractivity contribution < 1.29 is 0 Å². The summed E-state index contributed by atoms with van der Waals surface area (Å²) in [4.78, 5) is 15.6. The molecule has 0 amide bonds. The van der Waals surface area contributed by atoms with Crippen LogP contribution in [0.4, 0.5) is 17.6 Å². The molecule has 1 saturated heterocycles. The number of nitrogens with one attached hydrogen (secondary N) is 1. The van der Waals surface area contributed by atoms with Crippen LogP contribution in [0.3, 0.4) is 0 Å². The van der Waals surface area contributed by atoms with Gasteiger partial charge in [-0.3, -0.25) is 4.90 Å². The van der Waals surface area contributed by atoms with Crippen LogP contribution in [-0.4, -0.2) is 32.9 Å². The molecule has 0 radical (unpaired) electrons. The van der Waals surface area contributed by atoms with Crippen LogP contribution in [0.1, 0.15) is 29.8 Å². The van der Waals surface area contributed by atoms with Gasteiger partial charge in [-0.25, -0.2) is 0 Å². The second-order valence-corrected chi connectivity index (χ2v) is 7.83. The second kappa shape index (κ2) is 9.01. The number of hydrogen-bond donors (Lipinski definition) is 2. The number of aryl methyl sites for hydroxylation is 1. The van der Waals surface area contributed by atoms with Gasteiger partial charge in [-0.05, 0) is 62.9 Å². The van der Waals surface area contributed by atoms with Crippen LogP contribution < -0.4 is 11.1 Å². The number of nitrogens with two attached hydrogens (primary N) is 1. The molecule has 1 aliphatic heterocycles. The van der Waals surface area contributed by atoms with E-state index in [1.807, 2.05) is 24.3 Å². The average molecular weight is 389 g/mol. The summed E-state index contributed by atoms with van der Waals surface area (Å²) in [6.07, 6.45) is 3.56. The van der Waals surface area contributed by atoms with Crippen molar-refractivity contribution in [1.29, 1.82) is 0 Å². The third kappa shape index (κ3) is 5.51. The van der Waals surface area contributed by atoms with Gasteiger partial charge in [-0.15, -0.1) is 0 Å². The Labute approximate surface area is 172 Å². The number of rotatable bonds is 6. The van der Waals surface area contributed by atoms with Crippen molar-refractivity contribution in [1.82, 2.24) is 19.9 Å². The van der Waals surface area contributed by atoms with E-state index in [1.165, 1.54) is 24.0 Å².